The Labute approximate surface area is 163 Å². The fourth-order valence-electron chi connectivity index (χ4n) is 2.41. The first kappa shape index (κ1) is 20.9. The van der Waals surface area contributed by atoms with Gasteiger partial charge in [0.15, 0.2) is 0 Å². The summed E-state index contributed by atoms with van der Waals surface area (Å²) in [6.45, 7) is 4.94. The molecule has 0 aliphatic carbocycles. The number of nitrogens with one attached hydrogen (secondary N) is 1. The van der Waals surface area contributed by atoms with E-state index in [9.17, 15) is 14.9 Å². The van der Waals surface area contributed by atoms with Gasteiger partial charge in [0.25, 0.3) is 5.69 Å². The molecule has 0 heterocycles. The summed E-state index contributed by atoms with van der Waals surface area (Å²) in [5.74, 6) is -0.0607. The molecule has 0 radical (unpaired) electrons. The zero-order chi connectivity index (χ0) is 19.6. The summed E-state index contributed by atoms with van der Waals surface area (Å²) >= 11 is 1.37. The molecule has 1 amide bonds. The summed E-state index contributed by atoms with van der Waals surface area (Å²) < 4.78 is 5.78. The molecule has 2 unspecified atom stereocenters. The molecule has 2 aromatic carbocycles. The molecule has 1 N–H and O–H groups in total. The average Bonchev–Trinajstić information content (AvgIpc) is 2.68. The molecule has 0 saturated heterocycles. The van der Waals surface area contributed by atoms with E-state index in [4.69, 9.17) is 4.74 Å². The molecule has 7 heteroatoms. The molecule has 2 aromatic rings. The van der Waals surface area contributed by atoms with E-state index < -0.39 is 4.92 Å². The number of nitro benzene ring substituents is 1. The summed E-state index contributed by atoms with van der Waals surface area (Å²) in [5.41, 5.74) is 1.18. The molecule has 0 fully saturated rings. The first-order valence-electron chi connectivity index (χ1n) is 8.82. The third-order valence-corrected chi connectivity index (χ3v) is 5.10. The van der Waals surface area contributed by atoms with E-state index >= 15 is 0 Å². The average molecular weight is 388 g/mol. The van der Waals surface area contributed by atoms with Crippen molar-refractivity contribution < 1.29 is 14.5 Å². The Morgan fingerprint density at radius 2 is 1.81 bits per heavy atom. The standard InChI is InChI=1S/C20H24N2O4S/c1-15(17-7-4-3-5-8-17)26-14-6-13-21-20(23)16(2)27-19-11-9-18(10-12-19)22(24)25/h3-5,7-12,15-16H,6,13-14H2,1-2H3,(H,21,23). The van der Waals surface area contributed by atoms with Crippen LogP contribution < -0.4 is 5.32 Å². The summed E-state index contributed by atoms with van der Waals surface area (Å²) in [7, 11) is 0. The van der Waals surface area contributed by atoms with Gasteiger partial charge >= 0.3 is 0 Å². The zero-order valence-corrected chi connectivity index (χ0v) is 16.3. The predicted molar refractivity (Wildman–Crippen MR) is 107 cm³/mol. The van der Waals surface area contributed by atoms with Gasteiger partial charge in [-0.25, -0.2) is 0 Å². The highest BCUT2D eigenvalue weighted by molar-refractivity contribution is 8.00. The molecule has 0 bridgehead atoms. The second-order valence-electron chi connectivity index (χ2n) is 6.08. The van der Waals surface area contributed by atoms with Gasteiger partial charge in [-0.1, -0.05) is 30.3 Å². The number of thioether (sulfide) groups is 1. The molecular formula is C20H24N2O4S. The van der Waals surface area contributed by atoms with Gasteiger partial charge in [0.05, 0.1) is 16.3 Å². The SMILES string of the molecule is CC(Sc1ccc([N+](=O)[O-])cc1)C(=O)NCCCOC(C)c1ccccc1. The van der Waals surface area contributed by atoms with Crippen molar-refractivity contribution in [2.24, 2.45) is 0 Å². The van der Waals surface area contributed by atoms with Crippen molar-refractivity contribution in [1.29, 1.82) is 0 Å². The van der Waals surface area contributed by atoms with Crippen LogP contribution in [0, 0.1) is 10.1 Å². The lowest BCUT2D eigenvalue weighted by molar-refractivity contribution is -0.384. The van der Waals surface area contributed by atoms with Crippen LogP contribution in [0.1, 0.15) is 31.9 Å². The van der Waals surface area contributed by atoms with Gasteiger partial charge in [0, 0.05) is 30.2 Å². The number of hydrogen-bond acceptors (Lipinski definition) is 5. The van der Waals surface area contributed by atoms with Gasteiger partial charge in [-0.05, 0) is 38.0 Å². The molecule has 2 rings (SSSR count). The van der Waals surface area contributed by atoms with Crippen LogP contribution in [-0.2, 0) is 9.53 Å². The van der Waals surface area contributed by atoms with Crippen molar-refractivity contribution in [1.82, 2.24) is 5.32 Å². The van der Waals surface area contributed by atoms with Gasteiger partial charge in [0.2, 0.25) is 5.91 Å². The molecule has 0 aliphatic heterocycles. The zero-order valence-electron chi connectivity index (χ0n) is 15.5. The monoisotopic (exact) mass is 388 g/mol. The van der Waals surface area contributed by atoms with Crippen molar-refractivity contribution in [3.05, 3.63) is 70.3 Å². The van der Waals surface area contributed by atoms with Gasteiger partial charge in [-0.3, -0.25) is 14.9 Å². The summed E-state index contributed by atoms with van der Waals surface area (Å²) in [4.78, 5) is 23.2. The Morgan fingerprint density at radius 1 is 1.15 bits per heavy atom. The minimum atomic E-state index is -0.439. The summed E-state index contributed by atoms with van der Waals surface area (Å²) in [5, 5.41) is 13.3. The number of nitrogens with zero attached hydrogens (tertiary/aromatic N) is 1. The molecule has 0 spiro atoms. The van der Waals surface area contributed by atoms with Crippen molar-refractivity contribution in [3.8, 4) is 0 Å². The van der Waals surface area contributed by atoms with Crippen molar-refractivity contribution in [2.75, 3.05) is 13.2 Å². The maximum atomic E-state index is 12.2. The van der Waals surface area contributed by atoms with E-state index in [0.717, 1.165) is 16.9 Å². The van der Waals surface area contributed by atoms with Gasteiger partial charge in [0.1, 0.15) is 0 Å². The Kier molecular flexibility index (Phi) is 8.29. The van der Waals surface area contributed by atoms with E-state index in [1.165, 1.54) is 23.9 Å². The molecule has 27 heavy (non-hydrogen) atoms. The highest BCUT2D eigenvalue weighted by atomic mass is 32.2. The lowest BCUT2D eigenvalue weighted by Crippen LogP contribution is -2.32. The molecule has 6 nitrogen and oxygen atoms in total. The van der Waals surface area contributed by atoms with Gasteiger partial charge in [-0.2, -0.15) is 0 Å². The van der Waals surface area contributed by atoms with Crippen LogP contribution >= 0.6 is 11.8 Å². The number of carbonyl (C=O) groups excluding carboxylic acids is 1. The van der Waals surface area contributed by atoms with Gasteiger partial charge < -0.3 is 10.1 Å². The van der Waals surface area contributed by atoms with Crippen LogP contribution in [0.4, 0.5) is 5.69 Å². The van der Waals surface area contributed by atoms with Crippen LogP contribution in [-0.4, -0.2) is 29.2 Å². The normalized spacial score (nSPS) is 13.0. The fraction of sp³-hybridized carbons (Fsp3) is 0.350. The number of hydrogen-bond donors (Lipinski definition) is 1. The summed E-state index contributed by atoms with van der Waals surface area (Å²) in [6, 6.07) is 16.2. The van der Waals surface area contributed by atoms with Crippen molar-refractivity contribution >= 4 is 23.4 Å². The van der Waals surface area contributed by atoms with E-state index in [1.54, 1.807) is 12.1 Å². The number of amides is 1. The maximum absolute atomic E-state index is 12.2. The molecular weight excluding hydrogens is 364 g/mol. The number of carbonyl (C=O) groups is 1. The lowest BCUT2D eigenvalue weighted by atomic mass is 10.1. The number of nitro groups is 1. The molecule has 144 valence electrons. The Morgan fingerprint density at radius 3 is 2.44 bits per heavy atom. The second kappa shape index (κ2) is 10.7. The first-order chi connectivity index (χ1) is 13.0. The van der Waals surface area contributed by atoms with E-state index in [0.29, 0.717) is 13.2 Å². The summed E-state index contributed by atoms with van der Waals surface area (Å²) in [6.07, 6.45) is 0.760. The number of ether oxygens (including phenoxy) is 1. The minimum absolute atomic E-state index is 0.0264. The Hall–Kier alpha value is -2.38. The third-order valence-electron chi connectivity index (χ3n) is 3.99. The van der Waals surface area contributed by atoms with Crippen molar-refractivity contribution in [2.45, 2.75) is 36.5 Å². The minimum Gasteiger partial charge on any atom is -0.374 e. The molecule has 0 aromatic heterocycles. The van der Waals surface area contributed by atoms with Crippen LogP contribution in [0.3, 0.4) is 0 Å². The van der Waals surface area contributed by atoms with Crippen LogP contribution in [0.25, 0.3) is 0 Å². The quantitative estimate of drug-likeness (QED) is 0.283. The molecule has 0 saturated carbocycles. The largest absolute Gasteiger partial charge is 0.374 e. The third kappa shape index (κ3) is 7.03. The molecule has 2 atom stereocenters. The van der Waals surface area contributed by atoms with Crippen molar-refractivity contribution in [3.63, 3.8) is 0 Å². The highest BCUT2D eigenvalue weighted by Gasteiger charge is 2.14. The topological polar surface area (TPSA) is 81.5 Å². The maximum Gasteiger partial charge on any atom is 0.269 e. The number of benzene rings is 2. The number of non-ortho nitro benzene ring substituents is 1. The highest BCUT2D eigenvalue weighted by Crippen LogP contribution is 2.25. The van der Waals surface area contributed by atoms with E-state index in [2.05, 4.69) is 5.32 Å². The fourth-order valence-corrected chi connectivity index (χ4v) is 3.30. The smallest absolute Gasteiger partial charge is 0.269 e. The van der Waals surface area contributed by atoms with Gasteiger partial charge in [-0.15, -0.1) is 11.8 Å². The lowest BCUT2D eigenvalue weighted by Gasteiger charge is -2.14. The Balaban J connectivity index is 1.65. The second-order valence-corrected chi connectivity index (χ2v) is 7.49. The van der Waals surface area contributed by atoms with Crippen LogP contribution in [0.2, 0.25) is 0 Å². The first-order valence-corrected chi connectivity index (χ1v) is 9.70. The predicted octanol–water partition coefficient (Wildman–Crippen LogP) is 4.36. The van der Waals surface area contributed by atoms with Crippen LogP contribution in [0.15, 0.2) is 59.5 Å². The molecule has 0 aliphatic rings. The number of rotatable bonds is 10. The van der Waals surface area contributed by atoms with E-state index in [1.807, 2.05) is 44.2 Å². The van der Waals surface area contributed by atoms with Crippen LogP contribution in [0.5, 0.6) is 0 Å². The van der Waals surface area contributed by atoms with E-state index in [-0.39, 0.29) is 22.9 Å². The Bertz CT molecular complexity index is 737.